The summed E-state index contributed by atoms with van der Waals surface area (Å²) in [7, 11) is 3.56. The second-order valence-corrected chi connectivity index (χ2v) is 13.1. The number of aryl methyl sites for hydroxylation is 1. The molecule has 45 heavy (non-hydrogen) atoms. The van der Waals surface area contributed by atoms with Crippen LogP contribution in [0, 0.1) is 28.6 Å². The number of ether oxygens (including phenoxy) is 1. The molecule has 2 aromatic heterocycles. The fourth-order valence-electron chi connectivity index (χ4n) is 6.37. The highest BCUT2D eigenvalue weighted by Crippen LogP contribution is 2.35. The Morgan fingerprint density at radius 2 is 1.84 bits per heavy atom. The summed E-state index contributed by atoms with van der Waals surface area (Å²) >= 11 is 0. The third-order valence-corrected chi connectivity index (χ3v) is 8.89. The Morgan fingerprint density at radius 1 is 1.11 bits per heavy atom. The Morgan fingerprint density at radius 3 is 2.51 bits per heavy atom. The lowest BCUT2D eigenvalue weighted by molar-refractivity contribution is -0.0000307. The van der Waals surface area contributed by atoms with Crippen molar-refractivity contribution in [1.29, 1.82) is 10.5 Å². The number of nitrogens with zero attached hydrogens (tertiary/aromatic N) is 7. The summed E-state index contributed by atoms with van der Waals surface area (Å²) in [5.41, 5.74) is 4.43. The van der Waals surface area contributed by atoms with Crippen molar-refractivity contribution >= 4 is 22.4 Å². The van der Waals surface area contributed by atoms with Crippen molar-refractivity contribution in [1.82, 2.24) is 14.5 Å². The van der Waals surface area contributed by atoms with Crippen LogP contribution in [0.3, 0.4) is 0 Å². The normalized spacial score (nSPS) is 19.6. The molecule has 0 N–H and O–H groups in total. The third kappa shape index (κ3) is 7.36. The van der Waals surface area contributed by atoms with Crippen LogP contribution < -0.4 is 10.5 Å². The van der Waals surface area contributed by atoms with Gasteiger partial charge in [0.15, 0.2) is 0 Å². The Balaban J connectivity index is 1.38. The zero-order chi connectivity index (χ0) is 32.1. The topological polar surface area (TPSA) is 120 Å². The van der Waals surface area contributed by atoms with Gasteiger partial charge in [0, 0.05) is 45.7 Å². The van der Waals surface area contributed by atoms with Crippen LogP contribution in [0.2, 0.25) is 0 Å². The lowest BCUT2D eigenvalue weighted by Crippen LogP contribution is -2.39. The smallest absolute Gasteiger partial charge is 0.270 e. The molecule has 3 heterocycles. The quantitative estimate of drug-likeness (QED) is 0.265. The molecule has 1 aliphatic carbocycles. The molecule has 0 atom stereocenters. The summed E-state index contributed by atoms with van der Waals surface area (Å²) in [6.45, 7) is 10.6. The Bertz CT molecular complexity index is 1700. The van der Waals surface area contributed by atoms with Gasteiger partial charge in [-0.3, -0.25) is 9.69 Å². The number of aromatic nitrogens is 2. The van der Waals surface area contributed by atoms with E-state index in [1.54, 1.807) is 19.2 Å². The summed E-state index contributed by atoms with van der Waals surface area (Å²) < 4.78 is 6.94. The largest absolute Gasteiger partial charge is 0.390 e. The van der Waals surface area contributed by atoms with Crippen molar-refractivity contribution in [3.8, 4) is 12.1 Å². The van der Waals surface area contributed by atoms with Crippen molar-refractivity contribution in [2.45, 2.75) is 64.5 Å². The minimum Gasteiger partial charge on any atom is -0.390 e. The highest BCUT2D eigenvalue weighted by atomic mass is 16.6. The van der Waals surface area contributed by atoms with Crippen molar-refractivity contribution < 1.29 is 9.57 Å². The first kappa shape index (κ1) is 32.2. The monoisotopic (exact) mass is 609 g/mol. The molecule has 1 saturated heterocycles. The number of fused-ring (bicyclic) bond motifs is 1. The van der Waals surface area contributed by atoms with Crippen LogP contribution in [0.5, 0.6) is 0 Å². The highest BCUT2D eigenvalue weighted by Gasteiger charge is 2.31. The summed E-state index contributed by atoms with van der Waals surface area (Å²) in [6, 6.07) is 16.3. The fourth-order valence-corrected chi connectivity index (χ4v) is 6.37. The Labute approximate surface area is 265 Å². The molecular weight excluding hydrogens is 566 g/mol. The van der Waals surface area contributed by atoms with E-state index in [1.807, 2.05) is 32.7 Å². The second-order valence-electron chi connectivity index (χ2n) is 13.1. The SMILES string of the molecule is CN(c1c(C#N)c(=O)n(C)c2ccc(C#N)nc12)C1CCC(/C(=N/OC(C)(C)C)c2cccc(CCN3CCOCC3)c2)CC1. The first-order chi connectivity index (χ1) is 21.6. The van der Waals surface area contributed by atoms with E-state index >= 15 is 0 Å². The minimum atomic E-state index is -0.417. The van der Waals surface area contributed by atoms with Gasteiger partial charge in [-0.2, -0.15) is 10.5 Å². The molecule has 2 fully saturated rings. The van der Waals surface area contributed by atoms with Gasteiger partial charge in [0.1, 0.15) is 34.5 Å². The maximum atomic E-state index is 13.2. The van der Waals surface area contributed by atoms with Gasteiger partial charge < -0.3 is 19.0 Å². The van der Waals surface area contributed by atoms with Crippen molar-refractivity contribution in [2.24, 2.45) is 18.1 Å². The van der Waals surface area contributed by atoms with E-state index in [0.29, 0.717) is 16.7 Å². The lowest BCUT2D eigenvalue weighted by atomic mass is 9.80. The molecule has 1 saturated carbocycles. The predicted molar refractivity (Wildman–Crippen MR) is 175 cm³/mol. The van der Waals surface area contributed by atoms with Crippen LogP contribution in [0.4, 0.5) is 5.69 Å². The maximum absolute atomic E-state index is 13.2. The van der Waals surface area contributed by atoms with E-state index in [2.05, 4.69) is 46.3 Å². The summed E-state index contributed by atoms with van der Waals surface area (Å²) in [4.78, 5) is 28.2. The van der Waals surface area contributed by atoms with Crippen LogP contribution in [0.25, 0.3) is 11.0 Å². The third-order valence-electron chi connectivity index (χ3n) is 8.89. The standard InChI is InChI=1S/C35H43N7O3/c1-35(2,3)45-39-31(26-8-6-7-24(21-26)15-16-42-17-19-44-20-18-42)25-9-12-28(13-10-25)40(4)33-29(23-37)34(43)41(5)30-14-11-27(22-36)38-32(30)33/h6-8,11,14,21,25,28H,9-10,12-13,15-20H2,1-5H3/b39-31-. The van der Waals surface area contributed by atoms with Crippen LogP contribution in [0.1, 0.15) is 68.8 Å². The van der Waals surface area contributed by atoms with Gasteiger partial charge in [0.25, 0.3) is 5.56 Å². The number of hydrogen-bond acceptors (Lipinski definition) is 9. The molecule has 1 aromatic carbocycles. The van der Waals surface area contributed by atoms with Gasteiger partial charge in [0.2, 0.25) is 0 Å². The maximum Gasteiger partial charge on any atom is 0.270 e. The van der Waals surface area contributed by atoms with E-state index in [-0.39, 0.29) is 28.8 Å². The molecule has 0 radical (unpaired) electrons. The van der Waals surface area contributed by atoms with E-state index in [4.69, 9.17) is 14.7 Å². The van der Waals surface area contributed by atoms with Gasteiger partial charge in [-0.05, 0) is 82.2 Å². The Hall–Kier alpha value is -4.25. The average molecular weight is 610 g/mol. The number of nitriles is 2. The number of benzene rings is 1. The van der Waals surface area contributed by atoms with Gasteiger partial charge in [-0.1, -0.05) is 23.4 Å². The Kier molecular flexibility index (Phi) is 9.86. The number of oxime groups is 1. The van der Waals surface area contributed by atoms with Crippen LogP contribution >= 0.6 is 0 Å². The molecule has 0 amide bonds. The first-order valence-electron chi connectivity index (χ1n) is 15.8. The second kappa shape index (κ2) is 13.8. The van der Waals surface area contributed by atoms with E-state index < -0.39 is 5.60 Å². The number of anilines is 1. The first-order valence-corrected chi connectivity index (χ1v) is 15.8. The molecule has 0 unspecified atom stereocenters. The summed E-state index contributed by atoms with van der Waals surface area (Å²) in [5.74, 6) is 0.200. The molecule has 2 aliphatic rings. The zero-order valence-corrected chi connectivity index (χ0v) is 27.0. The van der Waals surface area contributed by atoms with Crippen LogP contribution in [-0.2, 0) is 23.0 Å². The van der Waals surface area contributed by atoms with Gasteiger partial charge >= 0.3 is 0 Å². The van der Waals surface area contributed by atoms with Crippen LogP contribution in [-0.4, -0.2) is 71.7 Å². The van der Waals surface area contributed by atoms with Crippen LogP contribution in [0.15, 0.2) is 46.3 Å². The van der Waals surface area contributed by atoms with Crippen molar-refractivity contribution in [3.05, 3.63) is 69.1 Å². The van der Waals surface area contributed by atoms with Gasteiger partial charge in [0.05, 0.1) is 30.1 Å². The molecule has 5 rings (SSSR count). The fraction of sp³-hybridized carbons (Fsp3) is 0.514. The molecule has 236 valence electrons. The number of rotatable bonds is 8. The van der Waals surface area contributed by atoms with Gasteiger partial charge in [-0.15, -0.1) is 0 Å². The molecule has 0 spiro atoms. The molecule has 10 nitrogen and oxygen atoms in total. The molecule has 0 bridgehead atoms. The number of hydrogen-bond donors (Lipinski definition) is 0. The molecular formula is C35H43N7O3. The highest BCUT2D eigenvalue weighted by molar-refractivity contribution is 6.02. The summed E-state index contributed by atoms with van der Waals surface area (Å²) in [5, 5.41) is 24.3. The van der Waals surface area contributed by atoms with Crippen molar-refractivity contribution in [3.63, 3.8) is 0 Å². The van der Waals surface area contributed by atoms with Gasteiger partial charge in [-0.25, -0.2) is 4.98 Å². The molecule has 3 aromatic rings. The van der Waals surface area contributed by atoms with E-state index in [9.17, 15) is 15.3 Å². The lowest BCUT2D eigenvalue weighted by Gasteiger charge is -2.37. The summed E-state index contributed by atoms with van der Waals surface area (Å²) in [6.07, 6.45) is 4.39. The molecule has 1 aliphatic heterocycles. The van der Waals surface area contributed by atoms with Crippen molar-refractivity contribution in [2.75, 3.05) is 44.8 Å². The minimum absolute atomic E-state index is 0.0481. The zero-order valence-electron chi connectivity index (χ0n) is 27.0. The molecule has 10 heteroatoms. The van der Waals surface area contributed by atoms with E-state index in [1.165, 1.54) is 10.1 Å². The number of pyridine rings is 2. The average Bonchev–Trinajstić information content (AvgIpc) is 3.05. The number of morpholine rings is 1. The van der Waals surface area contributed by atoms with E-state index in [0.717, 1.165) is 76.2 Å². The predicted octanol–water partition coefficient (Wildman–Crippen LogP) is 4.77.